The van der Waals surface area contributed by atoms with Crippen LogP contribution in [0.4, 0.5) is 0 Å². The number of carbonyl (C=O) groups excluding carboxylic acids is 1. The molecule has 0 bridgehead atoms. The third kappa shape index (κ3) is 4.78. The molecule has 1 aromatic heterocycles. The van der Waals surface area contributed by atoms with Crippen LogP contribution in [0.3, 0.4) is 0 Å². The molecule has 7 heteroatoms. The van der Waals surface area contributed by atoms with Crippen LogP contribution in [0.15, 0.2) is 18.3 Å². The van der Waals surface area contributed by atoms with Gasteiger partial charge in [0.05, 0.1) is 30.3 Å². The molecule has 1 amide bonds. The highest BCUT2D eigenvalue weighted by molar-refractivity contribution is 7.91. The first kappa shape index (κ1) is 16.9. The topological polar surface area (TPSA) is 79.4 Å². The SMILES string of the molecule is CCc1ccc(CNC(=O)CN(C)[C@H]2CCS(=O)(=O)C2)nc1. The molecule has 0 saturated carbocycles. The summed E-state index contributed by atoms with van der Waals surface area (Å²) < 4.78 is 22.9. The largest absolute Gasteiger partial charge is 0.349 e. The van der Waals surface area contributed by atoms with Gasteiger partial charge in [0.25, 0.3) is 0 Å². The first-order chi connectivity index (χ1) is 10.4. The van der Waals surface area contributed by atoms with E-state index in [4.69, 9.17) is 0 Å². The van der Waals surface area contributed by atoms with E-state index < -0.39 is 9.84 Å². The lowest BCUT2D eigenvalue weighted by Crippen LogP contribution is -2.41. The van der Waals surface area contributed by atoms with E-state index in [2.05, 4.69) is 17.2 Å². The Kier molecular flexibility index (Phi) is 5.52. The van der Waals surface area contributed by atoms with Gasteiger partial charge in [-0.25, -0.2) is 8.42 Å². The van der Waals surface area contributed by atoms with Crippen molar-refractivity contribution in [3.63, 3.8) is 0 Å². The van der Waals surface area contributed by atoms with Gasteiger partial charge in [0.15, 0.2) is 9.84 Å². The molecule has 6 nitrogen and oxygen atoms in total. The summed E-state index contributed by atoms with van der Waals surface area (Å²) in [6.45, 7) is 2.66. The van der Waals surface area contributed by atoms with Crippen molar-refractivity contribution in [2.75, 3.05) is 25.1 Å². The second kappa shape index (κ2) is 7.19. The number of aromatic nitrogens is 1. The zero-order valence-electron chi connectivity index (χ0n) is 13.1. The monoisotopic (exact) mass is 325 g/mol. The zero-order chi connectivity index (χ0) is 16.2. The lowest BCUT2D eigenvalue weighted by molar-refractivity contribution is -0.122. The van der Waals surface area contributed by atoms with E-state index in [1.807, 2.05) is 23.2 Å². The van der Waals surface area contributed by atoms with Crippen molar-refractivity contribution in [2.24, 2.45) is 0 Å². The number of rotatable bonds is 6. The maximum atomic E-state index is 11.9. The Bertz CT molecular complexity index is 613. The Labute approximate surface area is 131 Å². The van der Waals surface area contributed by atoms with Crippen LogP contribution >= 0.6 is 0 Å². The quantitative estimate of drug-likeness (QED) is 0.818. The van der Waals surface area contributed by atoms with Crippen LogP contribution in [0.25, 0.3) is 0 Å². The number of aryl methyl sites for hydroxylation is 1. The van der Waals surface area contributed by atoms with Crippen molar-refractivity contribution in [3.8, 4) is 0 Å². The molecule has 0 unspecified atom stereocenters. The number of nitrogens with one attached hydrogen (secondary N) is 1. The summed E-state index contributed by atoms with van der Waals surface area (Å²) in [6.07, 6.45) is 3.36. The van der Waals surface area contributed by atoms with Gasteiger partial charge >= 0.3 is 0 Å². The Hall–Kier alpha value is -1.47. The highest BCUT2D eigenvalue weighted by Crippen LogP contribution is 2.16. The maximum absolute atomic E-state index is 11.9. The predicted octanol–water partition coefficient (Wildman–Crippen LogP) is 0.379. The van der Waals surface area contributed by atoms with Gasteiger partial charge < -0.3 is 5.32 Å². The first-order valence-electron chi connectivity index (χ1n) is 7.51. The standard InChI is InChI=1S/C15H23N3O3S/c1-3-12-4-5-13(16-8-12)9-17-15(19)10-18(2)14-6-7-22(20,21)11-14/h4-5,8,14H,3,6-7,9-11H2,1-2H3,(H,17,19)/t14-/m0/s1. The lowest BCUT2D eigenvalue weighted by atomic mass is 10.2. The molecule has 1 atom stereocenters. The minimum atomic E-state index is -2.92. The van der Waals surface area contributed by atoms with Gasteiger partial charge in [-0.1, -0.05) is 13.0 Å². The molecule has 22 heavy (non-hydrogen) atoms. The third-order valence-electron chi connectivity index (χ3n) is 3.99. The summed E-state index contributed by atoms with van der Waals surface area (Å²) in [6, 6.07) is 3.86. The van der Waals surface area contributed by atoms with E-state index in [0.717, 1.165) is 17.7 Å². The molecule has 2 heterocycles. The summed E-state index contributed by atoms with van der Waals surface area (Å²) >= 11 is 0. The van der Waals surface area contributed by atoms with Crippen molar-refractivity contribution in [1.29, 1.82) is 0 Å². The fourth-order valence-electron chi connectivity index (χ4n) is 2.49. The number of amides is 1. The van der Waals surface area contributed by atoms with Gasteiger partial charge in [0.2, 0.25) is 5.91 Å². The molecule has 1 aromatic rings. The highest BCUT2D eigenvalue weighted by atomic mass is 32.2. The fraction of sp³-hybridized carbons (Fsp3) is 0.600. The maximum Gasteiger partial charge on any atom is 0.234 e. The Balaban J connectivity index is 1.77. The minimum absolute atomic E-state index is 0.0577. The van der Waals surface area contributed by atoms with Gasteiger partial charge in [-0.15, -0.1) is 0 Å². The average Bonchev–Trinajstić information content (AvgIpc) is 2.86. The van der Waals surface area contributed by atoms with Crippen LogP contribution in [0, 0.1) is 0 Å². The second-order valence-electron chi connectivity index (χ2n) is 5.76. The van der Waals surface area contributed by atoms with Crippen LogP contribution in [0.2, 0.25) is 0 Å². The lowest BCUT2D eigenvalue weighted by Gasteiger charge is -2.22. The summed E-state index contributed by atoms with van der Waals surface area (Å²) in [4.78, 5) is 18.0. The summed E-state index contributed by atoms with van der Waals surface area (Å²) in [7, 11) is -1.13. The van der Waals surface area contributed by atoms with Crippen LogP contribution < -0.4 is 5.32 Å². The molecule has 1 aliphatic rings. The van der Waals surface area contributed by atoms with Crippen LogP contribution in [-0.2, 0) is 27.6 Å². The number of carbonyl (C=O) groups is 1. The molecule has 1 saturated heterocycles. The van der Waals surface area contributed by atoms with E-state index in [9.17, 15) is 13.2 Å². The molecule has 2 rings (SSSR count). The van der Waals surface area contributed by atoms with Crippen molar-refractivity contribution in [1.82, 2.24) is 15.2 Å². The molecule has 122 valence electrons. The normalized spacial score (nSPS) is 20.2. The summed E-state index contributed by atoms with van der Waals surface area (Å²) in [5.74, 6) is 0.252. The number of likely N-dealkylation sites (N-methyl/N-ethyl adjacent to an activating group) is 1. The van der Waals surface area contributed by atoms with Gasteiger partial charge in [0, 0.05) is 12.2 Å². The molecule has 0 aromatic carbocycles. The molecule has 1 aliphatic heterocycles. The second-order valence-corrected chi connectivity index (χ2v) is 7.99. The van der Waals surface area contributed by atoms with Crippen LogP contribution in [-0.4, -0.2) is 55.3 Å². The van der Waals surface area contributed by atoms with Crippen molar-refractivity contribution >= 4 is 15.7 Å². The molecular weight excluding hydrogens is 302 g/mol. The van der Waals surface area contributed by atoms with Crippen molar-refractivity contribution < 1.29 is 13.2 Å². The molecule has 0 radical (unpaired) electrons. The van der Waals surface area contributed by atoms with Crippen LogP contribution in [0.1, 0.15) is 24.6 Å². The Morgan fingerprint density at radius 1 is 1.45 bits per heavy atom. The fourth-order valence-corrected chi connectivity index (χ4v) is 4.30. The number of hydrogen-bond donors (Lipinski definition) is 1. The number of nitrogens with zero attached hydrogens (tertiary/aromatic N) is 2. The molecule has 0 spiro atoms. The molecular formula is C15H23N3O3S. The Morgan fingerprint density at radius 2 is 2.23 bits per heavy atom. The Morgan fingerprint density at radius 3 is 2.77 bits per heavy atom. The van der Waals surface area contributed by atoms with Gasteiger partial charge in [-0.05, 0) is 31.5 Å². The van der Waals surface area contributed by atoms with E-state index >= 15 is 0 Å². The summed E-state index contributed by atoms with van der Waals surface area (Å²) in [5, 5.41) is 2.82. The van der Waals surface area contributed by atoms with Gasteiger partial charge in [0.1, 0.15) is 0 Å². The highest BCUT2D eigenvalue weighted by Gasteiger charge is 2.31. The molecule has 1 fully saturated rings. The van der Waals surface area contributed by atoms with Crippen molar-refractivity contribution in [3.05, 3.63) is 29.6 Å². The summed E-state index contributed by atoms with van der Waals surface area (Å²) in [5.41, 5.74) is 1.98. The average molecular weight is 325 g/mol. The molecule has 0 aliphatic carbocycles. The van der Waals surface area contributed by atoms with E-state index in [1.165, 1.54) is 0 Å². The van der Waals surface area contributed by atoms with E-state index in [0.29, 0.717) is 13.0 Å². The molecule has 1 N–H and O–H groups in total. The first-order valence-corrected chi connectivity index (χ1v) is 9.33. The van der Waals surface area contributed by atoms with Gasteiger partial charge in [-0.3, -0.25) is 14.7 Å². The van der Waals surface area contributed by atoms with E-state index in [-0.39, 0.29) is 30.0 Å². The van der Waals surface area contributed by atoms with Crippen molar-refractivity contribution in [2.45, 2.75) is 32.4 Å². The number of pyridine rings is 1. The smallest absolute Gasteiger partial charge is 0.234 e. The number of sulfone groups is 1. The van der Waals surface area contributed by atoms with Gasteiger partial charge in [-0.2, -0.15) is 0 Å². The van der Waals surface area contributed by atoms with Crippen LogP contribution in [0.5, 0.6) is 0 Å². The predicted molar refractivity (Wildman–Crippen MR) is 85.2 cm³/mol. The third-order valence-corrected chi connectivity index (χ3v) is 5.74. The minimum Gasteiger partial charge on any atom is -0.349 e. The zero-order valence-corrected chi connectivity index (χ0v) is 13.9. The number of hydrogen-bond acceptors (Lipinski definition) is 5. The van der Waals surface area contributed by atoms with E-state index in [1.54, 1.807) is 7.05 Å².